The summed E-state index contributed by atoms with van der Waals surface area (Å²) >= 11 is 1.75. The van der Waals surface area contributed by atoms with E-state index >= 15 is 0 Å². The number of ether oxygens (including phenoxy) is 1. The van der Waals surface area contributed by atoms with Crippen molar-refractivity contribution in [1.82, 2.24) is 10.3 Å². The van der Waals surface area contributed by atoms with Crippen molar-refractivity contribution < 1.29 is 4.74 Å². The van der Waals surface area contributed by atoms with Gasteiger partial charge in [0.15, 0.2) is 0 Å². The van der Waals surface area contributed by atoms with Crippen LogP contribution in [0.25, 0.3) is 0 Å². The van der Waals surface area contributed by atoms with E-state index in [1.54, 1.807) is 11.3 Å². The number of aromatic nitrogens is 1. The molecular formula is C13H22N2OS. The van der Waals surface area contributed by atoms with E-state index in [1.807, 2.05) is 11.7 Å². The fourth-order valence-corrected chi connectivity index (χ4v) is 3.08. The third-order valence-corrected chi connectivity index (χ3v) is 4.05. The molecule has 1 N–H and O–H groups in total. The van der Waals surface area contributed by atoms with Crippen LogP contribution in [0.4, 0.5) is 0 Å². The molecule has 0 aromatic carbocycles. The van der Waals surface area contributed by atoms with Crippen molar-refractivity contribution >= 4 is 11.3 Å². The van der Waals surface area contributed by atoms with Crippen LogP contribution in [0.1, 0.15) is 25.1 Å². The second-order valence-corrected chi connectivity index (χ2v) is 6.44. The van der Waals surface area contributed by atoms with Crippen LogP contribution in [0.15, 0.2) is 11.7 Å². The summed E-state index contributed by atoms with van der Waals surface area (Å²) in [5.74, 6) is 0.706. The van der Waals surface area contributed by atoms with Crippen molar-refractivity contribution in [2.24, 2.45) is 11.3 Å². The third kappa shape index (κ3) is 3.76. The molecule has 1 atom stereocenters. The number of nitrogens with one attached hydrogen (secondary N) is 1. The Balaban J connectivity index is 1.90. The summed E-state index contributed by atoms with van der Waals surface area (Å²) < 4.78 is 5.61. The predicted molar refractivity (Wildman–Crippen MR) is 71.4 cm³/mol. The van der Waals surface area contributed by atoms with Crippen LogP contribution < -0.4 is 5.32 Å². The van der Waals surface area contributed by atoms with Gasteiger partial charge in [0.1, 0.15) is 0 Å². The molecule has 0 saturated carbocycles. The quantitative estimate of drug-likeness (QED) is 0.846. The lowest BCUT2D eigenvalue weighted by Gasteiger charge is -2.27. The lowest BCUT2D eigenvalue weighted by atomic mass is 9.83. The van der Waals surface area contributed by atoms with Gasteiger partial charge in [-0.05, 0) is 25.3 Å². The fraction of sp³-hybridized carbons (Fsp3) is 0.769. The highest BCUT2D eigenvalue weighted by atomic mass is 32.1. The summed E-state index contributed by atoms with van der Waals surface area (Å²) in [5.41, 5.74) is 2.21. The maximum Gasteiger partial charge on any atom is 0.0794 e. The predicted octanol–water partition coefficient (Wildman–Crippen LogP) is 2.34. The summed E-state index contributed by atoms with van der Waals surface area (Å²) in [6.45, 7) is 8.42. The van der Waals surface area contributed by atoms with Crippen LogP contribution in [0.3, 0.4) is 0 Å². The Morgan fingerprint density at radius 2 is 2.47 bits per heavy atom. The normalized spacial score (nSPS) is 24.6. The molecule has 2 heterocycles. The van der Waals surface area contributed by atoms with Gasteiger partial charge < -0.3 is 10.1 Å². The first-order valence-electron chi connectivity index (χ1n) is 6.36. The molecule has 1 aliphatic heterocycles. The van der Waals surface area contributed by atoms with E-state index in [0.717, 1.165) is 39.1 Å². The number of thiazole rings is 1. The van der Waals surface area contributed by atoms with Gasteiger partial charge in [-0.25, -0.2) is 0 Å². The summed E-state index contributed by atoms with van der Waals surface area (Å²) in [5, 5.41) is 3.58. The zero-order chi connectivity index (χ0) is 12.1. The van der Waals surface area contributed by atoms with Crippen molar-refractivity contribution in [2.75, 3.05) is 26.3 Å². The van der Waals surface area contributed by atoms with Crippen LogP contribution in [-0.2, 0) is 11.2 Å². The Morgan fingerprint density at radius 3 is 3.06 bits per heavy atom. The molecule has 2 rings (SSSR count). The zero-order valence-electron chi connectivity index (χ0n) is 10.7. The molecule has 1 aromatic heterocycles. The first-order valence-corrected chi connectivity index (χ1v) is 7.24. The topological polar surface area (TPSA) is 34.2 Å². The highest BCUT2D eigenvalue weighted by Crippen LogP contribution is 2.33. The summed E-state index contributed by atoms with van der Waals surface area (Å²) in [6.07, 6.45) is 4.26. The summed E-state index contributed by atoms with van der Waals surface area (Å²) in [4.78, 5) is 5.54. The van der Waals surface area contributed by atoms with Gasteiger partial charge in [-0.15, -0.1) is 11.3 Å². The molecular weight excluding hydrogens is 232 g/mol. The molecule has 0 spiro atoms. The standard InChI is InChI=1S/C13H22N2OS/c1-11(2)6-14-8-13(3-4-16-9-13)5-12-7-15-10-17-12/h7,10-11,14H,3-6,8-9H2,1-2H3. The second kappa shape index (κ2) is 5.94. The van der Waals surface area contributed by atoms with Gasteiger partial charge in [0.2, 0.25) is 0 Å². The smallest absolute Gasteiger partial charge is 0.0794 e. The maximum atomic E-state index is 5.61. The minimum Gasteiger partial charge on any atom is -0.381 e. The van der Waals surface area contributed by atoms with Gasteiger partial charge in [-0.3, -0.25) is 4.98 Å². The first kappa shape index (κ1) is 13.0. The van der Waals surface area contributed by atoms with Gasteiger partial charge in [0, 0.05) is 29.6 Å². The average molecular weight is 254 g/mol. The molecule has 1 fully saturated rings. The lowest BCUT2D eigenvalue weighted by Crippen LogP contribution is -2.38. The van der Waals surface area contributed by atoms with Crippen LogP contribution >= 0.6 is 11.3 Å². The van der Waals surface area contributed by atoms with Crippen LogP contribution in [-0.4, -0.2) is 31.3 Å². The highest BCUT2D eigenvalue weighted by molar-refractivity contribution is 7.09. The van der Waals surface area contributed by atoms with Crippen molar-refractivity contribution in [3.05, 3.63) is 16.6 Å². The maximum absolute atomic E-state index is 5.61. The van der Waals surface area contributed by atoms with Crippen LogP contribution in [0, 0.1) is 11.3 Å². The Bertz CT molecular complexity index is 318. The molecule has 17 heavy (non-hydrogen) atoms. The van der Waals surface area contributed by atoms with E-state index in [2.05, 4.69) is 24.1 Å². The van der Waals surface area contributed by atoms with Gasteiger partial charge >= 0.3 is 0 Å². The molecule has 1 saturated heterocycles. The zero-order valence-corrected chi connectivity index (χ0v) is 11.6. The molecule has 0 bridgehead atoms. The van der Waals surface area contributed by atoms with E-state index in [1.165, 1.54) is 4.88 Å². The number of rotatable bonds is 6. The molecule has 0 radical (unpaired) electrons. The SMILES string of the molecule is CC(C)CNCC1(Cc2cncs2)CCOC1. The van der Waals surface area contributed by atoms with E-state index in [-0.39, 0.29) is 0 Å². The molecule has 3 nitrogen and oxygen atoms in total. The Kier molecular flexibility index (Phi) is 4.54. The molecule has 96 valence electrons. The fourth-order valence-electron chi connectivity index (χ4n) is 2.32. The number of hydrogen-bond acceptors (Lipinski definition) is 4. The van der Waals surface area contributed by atoms with Crippen molar-refractivity contribution in [2.45, 2.75) is 26.7 Å². The molecule has 0 amide bonds. The summed E-state index contributed by atoms with van der Waals surface area (Å²) in [6, 6.07) is 0. The van der Waals surface area contributed by atoms with E-state index in [9.17, 15) is 0 Å². The molecule has 1 aromatic rings. The average Bonchev–Trinajstić information content (AvgIpc) is 2.90. The van der Waals surface area contributed by atoms with Crippen molar-refractivity contribution in [3.8, 4) is 0 Å². The molecule has 1 aliphatic rings. The minimum atomic E-state index is 0.293. The second-order valence-electron chi connectivity index (χ2n) is 5.47. The van der Waals surface area contributed by atoms with Crippen LogP contribution in [0.2, 0.25) is 0 Å². The lowest BCUT2D eigenvalue weighted by molar-refractivity contribution is 0.149. The Labute approximate surface area is 108 Å². The number of hydrogen-bond donors (Lipinski definition) is 1. The van der Waals surface area contributed by atoms with Gasteiger partial charge in [-0.1, -0.05) is 13.8 Å². The van der Waals surface area contributed by atoms with E-state index in [0.29, 0.717) is 11.3 Å². The molecule has 1 unspecified atom stereocenters. The van der Waals surface area contributed by atoms with Crippen molar-refractivity contribution in [3.63, 3.8) is 0 Å². The largest absolute Gasteiger partial charge is 0.381 e. The van der Waals surface area contributed by atoms with Gasteiger partial charge in [-0.2, -0.15) is 0 Å². The van der Waals surface area contributed by atoms with Crippen molar-refractivity contribution in [1.29, 1.82) is 0 Å². The first-order chi connectivity index (χ1) is 8.20. The van der Waals surface area contributed by atoms with E-state index in [4.69, 9.17) is 4.74 Å². The minimum absolute atomic E-state index is 0.293. The Hall–Kier alpha value is -0.450. The number of nitrogens with zero attached hydrogens (tertiary/aromatic N) is 1. The third-order valence-electron chi connectivity index (χ3n) is 3.27. The van der Waals surface area contributed by atoms with Gasteiger partial charge in [0.25, 0.3) is 0 Å². The Morgan fingerprint density at radius 1 is 1.59 bits per heavy atom. The monoisotopic (exact) mass is 254 g/mol. The van der Waals surface area contributed by atoms with Gasteiger partial charge in [0.05, 0.1) is 12.1 Å². The summed E-state index contributed by atoms with van der Waals surface area (Å²) in [7, 11) is 0. The van der Waals surface area contributed by atoms with Crippen LogP contribution in [0.5, 0.6) is 0 Å². The van der Waals surface area contributed by atoms with E-state index < -0.39 is 0 Å². The molecule has 0 aliphatic carbocycles. The highest BCUT2D eigenvalue weighted by Gasteiger charge is 2.35. The molecule has 4 heteroatoms.